The summed E-state index contributed by atoms with van der Waals surface area (Å²) >= 11 is 0. The Morgan fingerprint density at radius 3 is 1.93 bits per heavy atom. The number of carbonyl (C=O) groups is 4. The van der Waals surface area contributed by atoms with E-state index in [-0.39, 0.29) is 5.92 Å². The van der Waals surface area contributed by atoms with E-state index >= 15 is 0 Å². The molecule has 0 saturated heterocycles. The third-order valence-electron chi connectivity index (χ3n) is 4.36. The fourth-order valence-corrected chi connectivity index (χ4v) is 2.52. The van der Waals surface area contributed by atoms with Gasteiger partial charge in [-0.2, -0.15) is 0 Å². The molecule has 0 radical (unpaired) electrons. The maximum Gasteiger partial charge on any atom is 0.325 e. The second-order valence-electron chi connectivity index (χ2n) is 7.33. The Balaban J connectivity index is 2.64. The van der Waals surface area contributed by atoms with E-state index in [1.807, 2.05) is 30.3 Å². The number of hydrogen-bond donors (Lipinski definition) is 5. The van der Waals surface area contributed by atoms with E-state index < -0.39 is 47.9 Å². The van der Waals surface area contributed by atoms with Gasteiger partial charge in [0.1, 0.15) is 18.1 Å². The molecule has 0 fully saturated rings. The van der Waals surface area contributed by atoms with Crippen LogP contribution in [0.2, 0.25) is 0 Å². The van der Waals surface area contributed by atoms with Crippen LogP contribution in [0, 0.1) is 5.92 Å². The van der Waals surface area contributed by atoms with Crippen molar-refractivity contribution in [1.29, 1.82) is 0 Å². The number of aliphatic carboxylic acids is 1. The van der Waals surface area contributed by atoms with Gasteiger partial charge < -0.3 is 26.8 Å². The average molecular weight is 406 g/mol. The second-order valence-corrected chi connectivity index (χ2v) is 7.33. The van der Waals surface area contributed by atoms with E-state index in [0.717, 1.165) is 5.56 Å². The predicted molar refractivity (Wildman–Crippen MR) is 108 cm³/mol. The van der Waals surface area contributed by atoms with E-state index in [2.05, 4.69) is 16.0 Å². The monoisotopic (exact) mass is 406 g/mol. The molecule has 4 unspecified atom stereocenters. The van der Waals surface area contributed by atoms with Gasteiger partial charge in [-0.25, -0.2) is 0 Å². The summed E-state index contributed by atoms with van der Waals surface area (Å²) < 4.78 is 0. The molecular weight excluding hydrogens is 376 g/mol. The molecule has 9 heteroatoms. The average Bonchev–Trinajstić information content (AvgIpc) is 2.65. The van der Waals surface area contributed by atoms with Crippen LogP contribution >= 0.6 is 0 Å². The molecule has 9 nitrogen and oxygen atoms in total. The molecule has 0 spiro atoms. The lowest BCUT2D eigenvalue weighted by Crippen LogP contribution is -2.57. The highest BCUT2D eigenvalue weighted by atomic mass is 16.4. The lowest BCUT2D eigenvalue weighted by molar-refractivity contribution is -0.142. The fourth-order valence-electron chi connectivity index (χ4n) is 2.52. The van der Waals surface area contributed by atoms with Gasteiger partial charge in [0.05, 0.1) is 6.04 Å². The number of rotatable bonds is 10. The van der Waals surface area contributed by atoms with Gasteiger partial charge in [-0.05, 0) is 31.7 Å². The van der Waals surface area contributed by atoms with Gasteiger partial charge in [-0.1, -0.05) is 44.2 Å². The normalized spacial score (nSPS) is 15.0. The Labute approximate surface area is 170 Å². The van der Waals surface area contributed by atoms with Crippen molar-refractivity contribution < 1.29 is 24.3 Å². The van der Waals surface area contributed by atoms with Crippen molar-refractivity contribution in [2.24, 2.45) is 11.7 Å². The van der Waals surface area contributed by atoms with Gasteiger partial charge in [0.25, 0.3) is 0 Å². The van der Waals surface area contributed by atoms with Crippen molar-refractivity contribution in [2.75, 3.05) is 0 Å². The van der Waals surface area contributed by atoms with Crippen molar-refractivity contribution in [1.82, 2.24) is 16.0 Å². The van der Waals surface area contributed by atoms with E-state index in [4.69, 9.17) is 10.8 Å². The predicted octanol–water partition coefficient (Wildman–Crippen LogP) is -0.209. The SMILES string of the molecule is CC(NC(=O)C(NC(=O)C(C)NC(=O)C(N)Cc1ccccc1)C(C)C)C(=O)O. The fraction of sp³-hybridized carbons (Fsp3) is 0.500. The number of carbonyl (C=O) groups excluding carboxylic acids is 3. The second kappa shape index (κ2) is 11.2. The molecule has 0 saturated carbocycles. The molecule has 0 aliphatic rings. The van der Waals surface area contributed by atoms with E-state index in [9.17, 15) is 19.2 Å². The first kappa shape index (κ1) is 24.1. The van der Waals surface area contributed by atoms with E-state index in [1.165, 1.54) is 13.8 Å². The topological polar surface area (TPSA) is 151 Å². The highest BCUT2D eigenvalue weighted by Gasteiger charge is 2.29. The lowest BCUT2D eigenvalue weighted by Gasteiger charge is -2.25. The number of amides is 3. The first-order chi connectivity index (χ1) is 13.5. The first-order valence-electron chi connectivity index (χ1n) is 9.46. The number of nitrogens with one attached hydrogen (secondary N) is 3. The molecular formula is C20H30N4O5. The molecule has 0 aliphatic heterocycles. The zero-order valence-corrected chi connectivity index (χ0v) is 17.1. The Morgan fingerprint density at radius 2 is 1.41 bits per heavy atom. The van der Waals surface area contributed by atoms with Crippen LogP contribution in [0.4, 0.5) is 0 Å². The first-order valence-corrected chi connectivity index (χ1v) is 9.46. The molecule has 0 bridgehead atoms. The van der Waals surface area contributed by atoms with Crippen LogP contribution in [0.5, 0.6) is 0 Å². The number of hydrogen-bond acceptors (Lipinski definition) is 5. The van der Waals surface area contributed by atoms with Crippen LogP contribution in [-0.2, 0) is 25.6 Å². The molecule has 1 aromatic carbocycles. The van der Waals surface area contributed by atoms with Gasteiger partial charge >= 0.3 is 5.97 Å². The zero-order chi connectivity index (χ0) is 22.1. The van der Waals surface area contributed by atoms with Crippen molar-refractivity contribution in [3.8, 4) is 0 Å². The molecule has 3 amide bonds. The van der Waals surface area contributed by atoms with Gasteiger partial charge in [-0.3, -0.25) is 19.2 Å². The maximum absolute atomic E-state index is 12.4. The summed E-state index contributed by atoms with van der Waals surface area (Å²) in [5.41, 5.74) is 6.81. The molecule has 29 heavy (non-hydrogen) atoms. The van der Waals surface area contributed by atoms with Gasteiger partial charge in [0.2, 0.25) is 17.7 Å². The highest BCUT2D eigenvalue weighted by molar-refractivity contribution is 5.94. The minimum Gasteiger partial charge on any atom is -0.480 e. The summed E-state index contributed by atoms with van der Waals surface area (Å²) in [6.45, 7) is 6.25. The van der Waals surface area contributed by atoms with Gasteiger partial charge in [0.15, 0.2) is 0 Å². The van der Waals surface area contributed by atoms with Crippen LogP contribution in [0.15, 0.2) is 30.3 Å². The molecule has 1 rings (SSSR count). The lowest BCUT2D eigenvalue weighted by atomic mass is 10.0. The van der Waals surface area contributed by atoms with Crippen LogP contribution in [0.1, 0.15) is 33.3 Å². The van der Waals surface area contributed by atoms with Crippen LogP contribution in [-0.4, -0.2) is 53.0 Å². The van der Waals surface area contributed by atoms with Crippen LogP contribution < -0.4 is 21.7 Å². The Morgan fingerprint density at radius 1 is 0.862 bits per heavy atom. The Hall–Kier alpha value is -2.94. The molecule has 1 aromatic rings. The molecule has 4 atom stereocenters. The van der Waals surface area contributed by atoms with Crippen molar-refractivity contribution in [2.45, 2.75) is 58.3 Å². The molecule has 6 N–H and O–H groups in total. The zero-order valence-electron chi connectivity index (χ0n) is 17.1. The minimum atomic E-state index is -1.18. The summed E-state index contributed by atoms with van der Waals surface area (Å²) in [7, 11) is 0. The Bertz CT molecular complexity index is 723. The number of carboxylic acid groups (broad SMARTS) is 1. The minimum absolute atomic E-state index is 0.289. The number of carboxylic acids is 1. The van der Waals surface area contributed by atoms with Crippen molar-refractivity contribution in [3.05, 3.63) is 35.9 Å². The maximum atomic E-state index is 12.4. The molecule has 160 valence electrons. The summed E-state index contributed by atoms with van der Waals surface area (Å²) in [5, 5.41) is 16.3. The highest BCUT2D eigenvalue weighted by Crippen LogP contribution is 2.05. The summed E-state index contributed by atoms with van der Waals surface area (Å²) in [6, 6.07) is 5.48. The third kappa shape index (κ3) is 7.90. The molecule has 0 heterocycles. The summed E-state index contributed by atoms with van der Waals surface area (Å²) in [4.78, 5) is 47.9. The standard InChI is InChI=1S/C20H30N4O5/c1-11(2)16(19(27)23-13(4)20(28)29)24-17(25)12(3)22-18(26)15(21)10-14-8-6-5-7-9-14/h5-9,11-13,15-16H,10,21H2,1-4H3,(H,22,26)(H,23,27)(H,24,25)(H,28,29). The number of benzene rings is 1. The summed E-state index contributed by atoms with van der Waals surface area (Å²) in [6.07, 6.45) is 0.325. The summed E-state index contributed by atoms with van der Waals surface area (Å²) in [5.74, 6) is -3.13. The quantitative estimate of drug-likeness (QED) is 0.363. The Kier molecular flexibility index (Phi) is 9.27. The van der Waals surface area contributed by atoms with E-state index in [0.29, 0.717) is 6.42 Å². The molecule has 0 aliphatic carbocycles. The van der Waals surface area contributed by atoms with Crippen molar-refractivity contribution >= 4 is 23.7 Å². The number of nitrogens with two attached hydrogens (primary N) is 1. The van der Waals surface area contributed by atoms with Crippen molar-refractivity contribution in [3.63, 3.8) is 0 Å². The van der Waals surface area contributed by atoms with Crippen LogP contribution in [0.25, 0.3) is 0 Å². The van der Waals surface area contributed by atoms with Gasteiger partial charge in [0, 0.05) is 0 Å². The third-order valence-corrected chi connectivity index (χ3v) is 4.36. The van der Waals surface area contributed by atoms with Crippen LogP contribution in [0.3, 0.4) is 0 Å². The van der Waals surface area contributed by atoms with Gasteiger partial charge in [-0.15, -0.1) is 0 Å². The van der Waals surface area contributed by atoms with E-state index in [1.54, 1.807) is 13.8 Å². The largest absolute Gasteiger partial charge is 0.480 e. The molecule has 0 aromatic heterocycles. The smallest absolute Gasteiger partial charge is 0.325 e.